The van der Waals surface area contributed by atoms with E-state index in [2.05, 4.69) is 17.2 Å². The van der Waals surface area contributed by atoms with E-state index in [1.807, 2.05) is 47.8 Å². The molecule has 2 aliphatic heterocycles. The normalized spacial score (nSPS) is 19.3. The van der Waals surface area contributed by atoms with Gasteiger partial charge < -0.3 is 25.2 Å². The molecule has 2 atom stereocenters. The van der Waals surface area contributed by atoms with Gasteiger partial charge >= 0.3 is 12.1 Å². The lowest BCUT2D eigenvalue weighted by molar-refractivity contribution is -0.187. The number of alkyl carbamates (subject to hydrolysis) is 1. The minimum atomic E-state index is -0.751. The van der Waals surface area contributed by atoms with Crippen LogP contribution in [0.5, 0.6) is 0 Å². The van der Waals surface area contributed by atoms with Crippen molar-refractivity contribution in [3.05, 3.63) is 70.9 Å². The van der Waals surface area contributed by atoms with E-state index >= 15 is 0 Å². The van der Waals surface area contributed by atoms with E-state index in [0.29, 0.717) is 32.4 Å². The third kappa shape index (κ3) is 7.19. The Morgan fingerprint density at radius 1 is 1.15 bits per heavy atom. The lowest BCUT2D eigenvalue weighted by atomic mass is 10.0. The van der Waals surface area contributed by atoms with E-state index < -0.39 is 18.3 Å². The van der Waals surface area contributed by atoms with Gasteiger partial charge in [0.25, 0.3) is 0 Å². The van der Waals surface area contributed by atoms with Crippen LogP contribution in [0.1, 0.15) is 23.3 Å². The van der Waals surface area contributed by atoms with Crippen LogP contribution in [0.4, 0.5) is 9.59 Å². The van der Waals surface area contributed by atoms with Gasteiger partial charge in [-0.1, -0.05) is 49.1 Å². The summed E-state index contributed by atoms with van der Waals surface area (Å²) in [7, 11) is 1.71. The topological polar surface area (TPSA) is 115 Å². The van der Waals surface area contributed by atoms with Crippen molar-refractivity contribution in [1.82, 2.24) is 30.5 Å². The minimum absolute atomic E-state index is 0.0274. The summed E-state index contributed by atoms with van der Waals surface area (Å²) in [5.41, 5.74) is 0.955. The Kier molecular flexibility index (Phi) is 10.1. The first-order valence-electron chi connectivity index (χ1n) is 13.3. The number of rotatable bonds is 11. The van der Waals surface area contributed by atoms with Crippen LogP contribution in [0.25, 0.3) is 0 Å². The largest absolute Gasteiger partial charge is 0.445 e. The van der Waals surface area contributed by atoms with E-state index in [-0.39, 0.29) is 44.1 Å². The molecule has 0 bridgehead atoms. The summed E-state index contributed by atoms with van der Waals surface area (Å²) in [6.45, 7) is 4.89. The highest BCUT2D eigenvalue weighted by Crippen LogP contribution is 2.28. The molecule has 5 amide bonds. The van der Waals surface area contributed by atoms with Gasteiger partial charge in [-0.25, -0.2) is 19.6 Å². The highest BCUT2D eigenvalue weighted by molar-refractivity contribution is 7.09. The quantitative estimate of drug-likeness (QED) is 0.318. The molecule has 1 aromatic carbocycles. The van der Waals surface area contributed by atoms with Gasteiger partial charge in [-0.15, -0.1) is 11.3 Å². The number of likely N-dealkylation sites (N-methyl/N-ethyl adjacent to an activating group) is 1. The van der Waals surface area contributed by atoms with Gasteiger partial charge in [0, 0.05) is 31.6 Å². The van der Waals surface area contributed by atoms with Crippen molar-refractivity contribution in [2.24, 2.45) is 0 Å². The molecule has 2 fully saturated rings. The summed E-state index contributed by atoms with van der Waals surface area (Å²) < 4.78 is 4.94. The van der Waals surface area contributed by atoms with E-state index in [9.17, 15) is 19.2 Å². The summed E-state index contributed by atoms with van der Waals surface area (Å²) in [6, 6.07) is 12.5. The van der Waals surface area contributed by atoms with Crippen LogP contribution in [0.3, 0.4) is 0 Å². The first-order chi connectivity index (χ1) is 19.4. The number of benzene rings is 1. The number of thiophene rings is 1. The maximum atomic E-state index is 13.7. The molecule has 0 saturated carbocycles. The number of hydrazine groups is 1. The predicted molar refractivity (Wildman–Crippen MR) is 151 cm³/mol. The summed E-state index contributed by atoms with van der Waals surface area (Å²) in [5.74, 6) is -0.362. The number of fused-ring (bicyclic) bond motifs is 1. The number of urea groups is 1. The molecule has 12 heteroatoms. The highest BCUT2D eigenvalue weighted by atomic mass is 32.1. The number of hydrogen-bond donors (Lipinski definition) is 2. The summed E-state index contributed by atoms with van der Waals surface area (Å²) in [4.78, 5) is 56.7. The lowest BCUT2D eigenvalue weighted by Gasteiger charge is -2.54. The highest BCUT2D eigenvalue weighted by Gasteiger charge is 2.50. The average Bonchev–Trinajstić information content (AvgIpc) is 3.47. The number of ether oxygens (including phenoxy) is 1. The van der Waals surface area contributed by atoms with Crippen LogP contribution < -0.4 is 10.6 Å². The molecule has 0 aliphatic carbocycles. The van der Waals surface area contributed by atoms with Gasteiger partial charge in [0.15, 0.2) is 0 Å². The Morgan fingerprint density at radius 3 is 2.67 bits per heavy atom. The molecule has 1 unspecified atom stereocenters. The number of piperazine rings is 1. The molecule has 1 aromatic heterocycles. The molecule has 214 valence electrons. The number of hydrogen-bond acceptors (Lipinski definition) is 7. The Morgan fingerprint density at radius 2 is 1.95 bits per heavy atom. The Labute approximate surface area is 238 Å². The van der Waals surface area contributed by atoms with Gasteiger partial charge in [-0.05, 0) is 36.3 Å². The van der Waals surface area contributed by atoms with Crippen molar-refractivity contribution < 1.29 is 23.9 Å². The zero-order valence-electron chi connectivity index (χ0n) is 22.7. The minimum Gasteiger partial charge on any atom is -0.445 e. The van der Waals surface area contributed by atoms with Gasteiger partial charge in [0.2, 0.25) is 11.8 Å². The van der Waals surface area contributed by atoms with Crippen LogP contribution in [0.2, 0.25) is 0 Å². The standard InChI is InChI=1S/C28H36N6O5S/c1-3-16-39-28(38)29-14-7-12-23-26(36)32(15-13-22-11-8-17-40-22)19-24-33(23)25(35)20-31(2)34(24)27(37)30-18-21-9-5-4-6-10-21/h3-6,8-11,17,23-24H,1,7,12-16,18-20H2,2H3,(H,29,38)(H,30,37)/t23-,24?/m0/s1. The average molecular weight is 569 g/mol. The second-order valence-electron chi connectivity index (χ2n) is 9.67. The first-order valence-corrected chi connectivity index (χ1v) is 14.2. The maximum absolute atomic E-state index is 13.7. The fraction of sp³-hybridized carbons (Fsp3) is 0.429. The van der Waals surface area contributed by atoms with Crippen molar-refractivity contribution in [2.45, 2.75) is 38.0 Å². The molecule has 3 heterocycles. The predicted octanol–water partition coefficient (Wildman–Crippen LogP) is 2.42. The van der Waals surface area contributed by atoms with Crippen LogP contribution in [0, 0.1) is 0 Å². The zero-order chi connectivity index (χ0) is 28.5. The number of nitrogens with one attached hydrogen (secondary N) is 2. The van der Waals surface area contributed by atoms with Gasteiger partial charge in [0.1, 0.15) is 18.8 Å². The molecular formula is C28H36N6O5S. The second-order valence-corrected chi connectivity index (χ2v) is 10.7. The van der Waals surface area contributed by atoms with Crippen molar-refractivity contribution >= 4 is 35.3 Å². The van der Waals surface area contributed by atoms with Crippen molar-refractivity contribution in [1.29, 1.82) is 0 Å². The fourth-order valence-electron chi connectivity index (χ4n) is 5.01. The van der Waals surface area contributed by atoms with Gasteiger partial charge in [0.05, 0.1) is 13.1 Å². The molecular weight excluding hydrogens is 532 g/mol. The molecule has 0 radical (unpaired) electrons. The van der Waals surface area contributed by atoms with E-state index in [0.717, 1.165) is 10.4 Å². The second kappa shape index (κ2) is 13.9. The monoisotopic (exact) mass is 568 g/mol. The molecule has 4 rings (SSSR count). The van der Waals surface area contributed by atoms with Gasteiger partial charge in [-0.3, -0.25) is 9.59 Å². The van der Waals surface area contributed by atoms with Crippen molar-refractivity contribution in [2.75, 3.05) is 39.8 Å². The summed E-state index contributed by atoms with van der Waals surface area (Å²) in [6.07, 6.45) is 1.72. The molecule has 2 aliphatic rings. The number of carbonyl (C=O) groups excluding carboxylic acids is 4. The maximum Gasteiger partial charge on any atom is 0.407 e. The molecule has 0 spiro atoms. The number of nitrogens with zero attached hydrogens (tertiary/aromatic N) is 4. The smallest absolute Gasteiger partial charge is 0.407 e. The molecule has 2 saturated heterocycles. The lowest BCUT2D eigenvalue weighted by Crippen LogP contribution is -2.76. The molecule has 11 nitrogen and oxygen atoms in total. The van der Waals surface area contributed by atoms with E-state index in [1.54, 1.807) is 38.2 Å². The van der Waals surface area contributed by atoms with Crippen LogP contribution in [-0.4, -0.2) is 95.8 Å². The van der Waals surface area contributed by atoms with E-state index in [1.165, 1.54) is 6.08 Å². The Balaban J connectivity index is 1.50. The number of carbonyl (C=O) groups is 4. The van der Waals surface area contributed by atoms with Crippen molar-refractivity contribution in [3.8, 4) is 0 Å². The molecule has 40 heavy (non-hydrogen) atoms. The van der Waals surface area contributed by atoms with E-state index in [4.69, 9.17) is 4.74 Å². The Bertz CT molecular complexity index is 1180. The van der Waals surface area contributed by atoms with Crippen molar-refractivity contribution in [3.63, 3.8) is 0 Å². The molecule has 2 N–H and O–H groups in total. The zero-order valence-corrected chi connectivity index (χ0v) is 23.5. The SMILES string of the molecule is C=CCOC(=O)NCCC[C@H]1C(=O)N(CCc2cccs2)CC2N1C(=O)CN(C)N2C(=O)NCc1ccccc1. The third-order valence-electron chi connectivity index (χ3n) is 6.90. The number of amides is 5. The van der Waals surface area contributed by atoms with Crippen LogP contribution >= 0.6 is 11.3 Å². The van der Waals surface area contributed by atoms with Crippen LogP contribution in [-0.2, 0) is 27.3 Å². The Hall–Kier alpha value is -3.90. The summed E-state index contributed by atoms with van der Waals surface area (Å²) >= 11 is 1.63. The van der Waals surface area contributed by atoms with Gasteiger partial charge in [-0.2, -0.15) is 0 Å². The summed E-state index contributed by atoms with van der Waals surface area (Å²) in [5, 5.41) is 10.8. The fourth-order valence-corrected chi connectivity index (χ4v) is 5.71. The first kappa shape index (κ1) is 29.1. The molecule has 2 aromatic rings. The van der Waals surface area contributed by atoms with Crippen LogP contribution in [0.15, 0.2) is 60.5 Å². The third-order valence-corrected chi connectivity index (χ3v) is 7.83.